The van der Waals surface area contributed by atoms with E-state index in [0.29, 0.717) is 48.6 Å². The highest BCUT2D eigenvalue weighted by Crippen LogP contribution is 2.31. The summed E-state index contributed by atoms with van der Waals surface area (Å²) in [6.45, 7) is 21.1. The van der Waals surface area contributed by atoms with E-state index in [-0.39, 0.29) is 24.1 Å². The molecular weight excluding hydrogens is 556 g/mol. The zero-order valence-electron chi connectivity index (χ0n) is 27.8. The van der Waals surface area contributed by atoms with Crippen LogP contribution in [0.1, 0.15) is 94.3 Å². The fraction of sp³-hybridized carbons (Fsp3) is 0.429. The van der Waals surface area contributed by atoms with Crippen LogP contribution in [0.2, 0.25) is 0 Å². The lowest BCUT2D eigenvalue weighted by Crippen LogP contribution is -2.39. The summed E-state index contributed by atoms with van der Waals surface area (Å²) in [6.07, 6.45) is 2.93. The lowest BCUT2D eigenvalue weighted by molar-refractivity contribution is -0.119. The highest BCUT2D eigenvalue weighted by Gasteiger charge is 2.35. The van der Waals surface area contributed by atoms with Crippen molar-refractivity contribution in [2.75, 3.05) is 36.6 Å². The zero-order chi connectivity index (χ0) is 33.2. The fourth-order valence-corrected chi connectivity index (χ4v) is 4.77. The van der Waals surface area contributed by atoms with Gasteiger partial charge in [-0.25, -0.2) is 9.48 Å². The molecule has 1 aromatic heterocycles. The first-order valence-electron chi connectivity index (χ1n) is 15.7. The van der Waals surface area contributed by atoms with E-state index in [9.17, 15) is 14.4 Å². The number of piperidine rings is 1. The molecule has 5 rings (SSSR count). The standard InChI is InChI=1S/C27H28N4O5.3C2H6.C2H4/c1-3-36-27(34)24-22-15-17-30(19-9-7-18(8-10-19)29-16-5-4-6-23(29)32)26(33)25(22)31(28-24)20-11-13-21(35-2)14-12-20;4*1-2/h7-14H,3-6,15-17H2,1-2H3;3*1-2H3;1-2H2. The molecule has 2 aliphatic heterocycles. The molecule has 0 radical (unpaired) electrons. The van der Waals surface area contributed by atoms with Crippen LogP contribution in [0.4, 0.5) is 11.4 Å². The van der Waals surface area contributed by atoms with E-state index in [4.69, 9.17) is 9.47 Å². The Balaban J connectivity index is 0.00000112. The molecule has 0 N–H and O–H groups in total. The van der Waals surface area contributed by atoms with E-state index in [1.165, 1.54) is 4.68 Å². The molecule has 9 nitrogen and oxygen atoms in total. The number of anilines is 2. The third kappa shape index (κ3) is 8.58. The average molecular weight is 607 g/mol. The lowest BCUT2D eigenvalue weighted by atomic mass is 10.0. The number of carbonyl (C=O) groups is 3. The second kappa shape index (κ2) is 19.7. The van der Waals surface area contributed by atoms with Gasteiger partial charge in [-0.3, -0.25) is 9.59 Å². The van der Waals surface area contributed by atoms with E-state index < -0.39 is 5.97 Å². The molecule has 0 atom stereocenters. The molecule has 0 saturated carbocycles. The first kappa shape index (κ1) is 37.6. The summed E-state index contributed by atoms with van der Waals surface area (Å²) in [5.41, 5.74) is 3.28. The van der Waals surface area contributed by atoms with Gasteiger partial charge in [-0.15, -0.1) is 13.2 Å². The quantitative estimate of drug-likeness (QED) is 0.211. The number of amides is 2. The van der Waals surface area contributed by atoms with Crippen molar-refractivity contribution in [1.82, 2.24) is 9.78 Å². The number of ether oxygens (including phenoxy) is 2. The Morgan fingerprint density at radius 2 is 1.34 bits per heavy atom. The number of esters is 1. The largest absolute Gasteiger partial charge is 0.497 e. The first-order valence-corrected chi connectivity index (χ1v) is 15.7. The summed E-state index contributed by atoms with van der Waals surface area (Å²) in [4.78, 5) is 42.2. The number of carbonyl (C=O) groups excluding carboxylic acids is 3. The molecule has 9 heteroatoms. The van der Waals surface area contributed by atoms with Gasteiger partial charge in [0.25, 0.3) is 5.91 Å². The minimum atomic E-state index is -0.544. The molecule has 1 saturated heterocycles. The molecule has 2 aliphatic rings. The van der Waals surface area contributed by atoms with E-state index in [0.717, 1.165) is 24.2 Å². The highest BCUT2D eigenvalue weighted by molar-refractivity contribution is 6.09. The SMILES string of the molecule is C=C.CC.CC.CC.CCOC(=O)c1nn(-c2ccc(OC)cc2)c2c1CCN(c1ccc(N3CCCCC3=O)cc1)C2=O. The molecule has 0 bridgehead atoms. The van der Waals surface area contributed by atoms with Crippen LogP contribution in [0.3, 0.4) is 0 Å². The molecule has 1 fully saturated rings. The van der Waals surface area contributed by atoms with Gasteiger partial charge in [0.1, 0.15) is 11.4 Å². The van der Waals surface area contributed by atoms with Crippen molar-refractivity contribution in [1.29, 1.82) is 0 Å². The summed E-state index contributed by atoms with van der Waals surface area (Å²) in [7, 11) is 1.58. The van der Waals surface area contributed by atoms with Gasteiger partial charge in [0.2, 0.25) is 5.91 Å². The number of nitrogens with zero attached hydrogens (tertiary/aromatic N) is 4. The minimum Gasteiger partial charge on any atom is -0.497 e. The maximum absolute atomic E-state index is 13.8. The van der Waals surface area contributed by atoms with Crippen LogP contribution in [0.15, 0.2) is 61.7 Å². The maximum Gasteiger partial charge on any atom is 0.359 e. The normalized spacial score (nSPS) is 13.3. The van der Waals surface area contributed by atoms with Gasteiger partial charge in [-0.1, -0.05) is 41.5 Å². The van der Waals surface area contributed by atoms with Crippen LogP contribution in [0, 0.1) is 0 Å². The second-order valence-electron chi connectivity index (χ2n) is 8.73. The zero-order valence-corrected chi connectivity index (χ0v) is 27.8. The van der Waals surface area contributed by atoms with Crippen LogP contribution < -0.4 is 14.5 Å². The van der Waals surface area contributed by atoms with Crippen molar-refractivity contribution in [3.63, 3.8) is 0 Å². The molecule has 0 spiro atoms. The molecule has 2 aromatic carbocycles. The highest BCUT2D eigenvalue weighted by atomic mass is 16.5. The van der Waals surface area contributed by atoms with E-state index in [1.54, 1.807) is 48.1 Å². The van der Waals surface area contributed by atoms with Crippen LogP contribution in [-0.4, -0.2) is 54.4 Å². The first-order chi connectivity index (χ1) is 21.5. The van der Waals surface area contributed by atoms with E-state index >= 15 is 0 Å². The van der Waals surface area contributed by atoms with Gasteiger partial charge in [-0.05, 0) is 74.7 Å². The Hall–Kier alpha value is -4.40. The molecule has 3 aromatic rings. The Bertz CT molecular complexity index is 1320. The topological polar surface area (TPSA) is 94.0 Å². The Labute approximate surface area is 263 Å². The predicted molar refractivity (Wildman–Crippen MR) is 179 cm³/mol. The van der Waals surface area contributed by atoms with Crippen molar-refractivity contribution in [3.8, 4) is 11.4 Å². The summed E-state index contributed by atoms with van der Waals surface area (Å²) < 4.78 is 12.0. The van der Waals surface area contributed by atoms with Gasteiger partial charge in [-0.2, -0.15) is 5.10 Å². The summed E-state index contributed by atoms with van der Waals surface area (Å²) in [5.74, 6) is 0.00271. The number of hydrogen-bond donors (Lipinski definition) is 0. The van der Waals surface area contributed by atoms with Gasteiger partial charge in [0.15, 0.2) is 5.69 Å². The fourth-order valence-electron chi connectivity index (χ4n) is 4.77. The summed E-state index contributed by atoms with van der Waals surface area (Å²) >= 11 is 0. The summed E-state index contributed by atoms with van der Waals surface area (Å²) in [6, 6.07) is 14.6. The van der Waals surface area contributed by atoms with Crippen molar-refractivity contribution in [3.05, 3.63) is 78.6 Å². The Kier molecular flexibility index (Phi) is 16.9. The van der Waals surface area contributed by atoms with Crippen LogP contribution >= 0.6 is 0 Å². The van der Waals surface area contributed by atoms with E-state index in [1.807, 2.05) is 65.8 Å². The predicted octanol–water partition coefficient (Wildman–Crippen LogP) is 7.66. The molecule has 44 heavy (non-hydrogen) atoms. The minimum absolute atomic E-state index is 0.127. The van der Waals surface area contributed by atoms with Gasteiger partial charge in [0, 0.05) is 36.4 Å². The number of fused-ring (bicyclic) bond motifs is 1. The Morgan fingerprint density at radius 1 is 0.795 bits per heavy atom. The molecular formula is C35H50N4O5. The molecule has 2 amide bonds. The number of hydrogen-bond acceptors (Lipinski definition) is 6. The monoisotopic (exact) mass is 606 g/mol. The van der Waals surface area contributed by atoms with Crippen LogP contribution in [0.25, 0.3) is 5.69 Å². The number of rotatable bonds is 6. The third-order valence-corrected chi connectivity index (χ3v) is 6.60. The van der Waals surface area contributed by atoms with Crippen molar-refractivity contribution in [2.45, 2.75) is 74.1 Å². The molecule has 0 aliphatic carbocycles. The molecule has 240 valence electrons. The molecule has 0 unspecified atom stereocenters. The lowest BCUT2D eigenvalue weighted by Gasteiger charge is -2.29. The second-order valence-corrected chi connectivity index (χ2v) is 8.73. The van der Waals surface area contributed by atoms with Crippen molar-refractivity contribution in [2.24, 2.45) is 0 Å². The maximum atomic E-state index is 13.8. The smallest absolute Gasteiger partial charge is 0.359 e. The molecule has 3 heterocycles. The van der Waals surface area contributed by atoms with Gasteiger partial charge >= 0.3 is 5.97 Å². The van der Waals surface area contributed by atoms with Crippen molar-refractivity contribution < 1.29 is 23.9 Å². The van der Waals surface area contributed by atoms with Crippen LogP contribution in [0.5, 0.6) is 5.75 Å². The number of methoxy groups -OCH3 is 1. The van der Waals surface area contributed by atoms with Crippen molar-refractivity contribution >= 4 is 29.2 Å². The van der Waals surface area contributed by atoms with Gasteiger partial charge < -0.3 is 19.3 Å². The number of aromatic nitrogens is 2. The number of benzene rings is 2. The van der Waals surface area contributed by atoms with Gasteiger partial charge in [0.05, 0.1) is 19.4 Å². The third-order valence-electron chi connectivity index (χ3n) is 6.60. The average Bonchev–Trinajstić information content (AvgIpc) is 3.50. The Morgan fingerprint density at radius 3 is 1.86 bits per heavy atom. The summed E-state index contributed by atoms with van der Waals surface area (Å²) in [5, 5.41) is 4.51. The van der Waals surface area contributed by atoms with Crippen LogP contribution in [-0.2, 0) is 16.0 Å². The van der Waals surface area contributed by atoms with E-state index in [2.05, 4.69) is 18.3 Å².